The summed E-state index contributed by atoms with van der Waals surface area (Å²) in [4.78, 5) is 21.1. The van der Waals surface area contributed by atoms with Crippen molar-refractivity contribution in [2.45, 2.75) is 18.9 Å². The molecular formula is C17H23N5O2. The Morgan fingerprint density at radius 1 is 1.29 bits per heavy atom. The summed E-state index contributed by atoms with van der Waals surface area (Å²) >= 11 is 0. The molecule has 7 nitrogen and oxygen atoms in total. The van der Waals surface area contributed by atoms with Crippen LogP contribution in [0.1, 0.15) is 18.4 Å². The Kier molecular flexibility index (Phi) is 5.62. The fraction of sp³-hybridized carbons (Fsp3) is 0.588. The summed E-state index contributed by atoms with van der Waals surface area (Å²) in [7, 11) is 0. The molecule has 3 rings (SSSR count). The second-order valence-corrected chi connectivity index (χ2v) is 6.16. The molecule has 1 N–H and O–H groups in total. The molecule has 1 unspecified atom stereocenters. The quantitative estimate of drug-likeness (QED) is 0.856. The van der Waals surface area contributed by atoms with Crippen molar-refractivity contribution in [2.24, 2.45) is 0 Å². The summed E-state index contributed by atoms with van der Waals surface area (Å²) in [5.41, 5.74) is 0.516. The van der Waals surface area contributed by atoms with Gasteiger partial charge in [0.2, 0.25) is 5.91 Å². The number of hydrogen-bond acceptors (Lipinski definition) is 6. The first-order valence-corrected chi connectivity index (χ1v) is 8.48. The average molecular weight is 329 g/mol. The predicted molar refractivity (Wildman–Crippen MR) is 89.4 cm³/mol. The Morgan fingerprint density at radius 2 is 2.12 bits per heavy atom. The lowest BCUT2D eigenvalue weighted by Gasteiger charge is -2.35. The van der Waals surface area contributed by atoms with Crippen molar-refractivity contribution in [1.29, 1.82) is 5.26 Å². The molecule has 0 aliphatic carbocycles. The standard InChI is InChI=1S/C17H23N5O2/c18-12-14-3-4-16(19-13-14)20-15-2-1-5-22(17(15)23)7-6-21-8-10-24-11-9-21/h3-4,13,15H,1-2,5-11H2,(H,19,20). The largest absolute Gasteiger partial charge is 0.379 e. The van der Waals surface area contributed by atoms with Gasteiger partial charge in [0.15, 0.2) is 0 Å². The van der Waals surface area contributed by atoms with Gasteiger partial charge in [-0.15, -0.1) is 0 Å². The van der Waals surface area contributed by atoms with Crippen molar-refractivity contribution in [3.05, 3.63) is 23.9 Å². The van der Waals surface area contributed by atoms with E-state index >= 15 is 0 Å². The zero-order valence-corrected chi connectivity index (χ0v) is 13.8. The lowest BCUT2D eigenvalue weighted by atomic mass is 10.0. The van der Waals surface area contributed by atoms with E-state index < -0.39 is 0 Å². The van der Waals surface area contributed by atoms with E-state index in [0.29, 0.717) is 11.4 Å². The molecule has 2 saturated heterocycles. The van der Waals surface area contributed by atoms with Crippen LogP contribution in [0.15, 0.2) is 18.3 Å². The number of aromatic nitrogens is 1. The smallest absolute Gasteiger partial charge is 0.245 e. The molecule has 2 aliphatic rings. The van der Waals surface area contributed by atoms with E-state index in [1.807, 2.05) is 11.0 Å². The second-order valence-electron chi connectivity index (χ2n) is 6.16. The molecule has 0 saturated carbocycles. The Labute approximate surface area is 142 Å². The van der Waals surface area contributed by atoms with Crippen LogP contribution in [0, 0.1) is 11.3 Å². The molecule has 0 spiro atoms. The molecule has 24 heavy (non-hydrogen) atoms. The fourth-order valence-corrected chi connectivity index (χ4v) is 3.11. The lowest BCUT2D eigenvalue weighted by Crippen LogP contribution is -2.50. The van der Waals surface area contributed by atoms with Crippen LogP contribution in [-0.4, -0.2) is 72.7 Å². The Hall–Kier alpha value is -2.17. The maximum Gasteiger partial charge on any atom is 0.245 e. The SMILES string of the molecule is N#Cc1ccc(NC2CCCN(CCN3CCOCC3)C2=O)nc1. The number of nitrogens with one attached hydrogen (secondary N) is 1. The predicted octanol–water partition coefficient (Wildman–Crippen LogP) is 0.688. The number of ether oxygens (including phenoxy) is 1. The van der Waals surface area contributed by atoms with E-state index in [4.69, 9.17) is 10.00 Å². The van der Waals surface area contributed by atoms with Gasteiger partial charge in [-0.25, -0.2) is 4.98 Å². The molecule has 1 aromatic rings. The highest BCUT2D eigenvalue weighted by Gasteiger charge is 2.29. The molecule has 128 valence electrons. The van der Waals surface area contributed by atoms with Crippen molar-refractivity contribution in [3.63, 3.8) is 0 Å². The minimum Gasteiger partial charge on any atom is -0.379 e. The zero-order chi connectivity index (χ0) is 16.8. The topological polar surface area (TPSA) is 81.5 Å². The first kappa shape index (κ1) is 16.7. The highest BCUT2D eigenvalue weighted by molar-refractivity contribution is 5.85. The summed E-state index contributed by atoms with van der Waals surface area (Å²) in [6, 6.07) is 5.27. The van der Waals surface area contributed by atoms with Gasteiger partial charge < -0.3 is 15.0 Å². The average Bonchev–Trinajstić information content (AvgIpc) is 2.64. The molecule has 1 amide bonds. The highest BCUT2D eigenvalue weighted by Crippen LogP contribution is 2.16. The van der Waals surface area contributed by atoms with Gasteiger partial charge in [-0.1, -0.05) is 0 Å². The van der Waals surface area contributed by atoms with Crippen LogP contribution in [0.2, 0.25) is 0 Å². The van der Waals surface area contributed by atoms with E-state index in [1.165, 1.54) is 6.20 Å². The van der Waals surface area contributed by atoms with Crippen LogP contribution in [0.5, 0.6) is 0 Å². The van der Waals surface area contributed by atoms with Crippen LogP contribution < -0.4 is 5.32 Å². The number of hydrogen-bond donors (Lipinski definition) is 1. The van der Waals surface area contributed by atoms with Crippen molar-refractivity contribution in [1.82, 2.24) is 14.8 Å². The number of amides is 1. The molecule has 0 bridgehead atoms. The summed E-state index contributed by atoms with van der Waals surface area (Å²) < 4.78 is 5.35. The summed E-state index contributed by atoms with van der Waals surface area (Å²) in [6.45, 7) is 5.93. The lowest BCUT2D eigenvalue weighted by molar-refractivity contribution is -0.134. The van der Waals surface area contributed by atoms with Gasteiger partial charge in [-0.3, -0.25) is 9.69 Å². The Balaban J connectivity index is 1.52. The van der Waals surface area contributed by atoms with Gasteiger partial charge in [0, 0.05) is 38.9 Å². The molecule has 0 radical (unpaired) electrons. The van der Waals surface area contributed by atoms with E-state index in [-0.39, 0.29) is 11.9 Å². The normalized spacial score (nSPS) is 22.2. The van der Waals surface area contributed by atoms with Crippen LogP contribution in [0.4, 0.5) is 5.82 Å². The number of carbonyl (C=O) groups is 1. The van der Waals surface area contributed by atoms with Crippen LogP contribution in [0.25, 0.3) is 0 Å². The fourth-order valence-electron chi connectivity index (χ4n) is 3.11. The molecule has 0 aromatic carbocycles. The number of carbonyl (C=O) groups excluding carboxylic acids is 1. The van der Waals surface area contributed by atoms with Gasteiger partial charge in [-0.2, -0.15) is 5.26 Å². The first-order chi connectivity index (χ1) is 11.8. The number of morpholine rings is 1. The highest BCUT2D eigenvalue weighted by atomic mass is 16.5. The molecule has 3 heterocycles. The van der Waals surface area contributed by atoms with Crippen molar-refractivity contribution < 1.29 is 9.53 Å². The minimum absolute atomic E-state index is 0.140. The number of pyridine rings is 1. The second kappa shape index (κ2) is 8.08. The van der Waals surface area contributed by atoms with Gasteiger partial charge in [0.1, 0.15) is 17.9 Å². The van der Waals surface area contributed by atoms with Crippen molar-refractivity contribution >= 4 is 11.7 Å². The third kappa shape index (κ3) is 4.22. The molecule has 2 fully saturated rings. The van der Waals surface area contributed by atoms with Gasteiger partial charge in [0.25, 0.3) is 0 Å². The number of likely N-dealkylation sites (tertiary alicyclic amines) is 1. The number of anilines is 1. The Morgan fingerprint density at radius 3 is 2.83 bits per heavy atom. The number of nitriles is 1. The molecular weight excluding hydrogens is 306 g/mol. The number of rotatable bonds is 5. The maximum absolute atomic E-state index is 12.7. The van der Waals surface area contributed by atoms with Gasteiger partial charge in [-0.05, 0) is 25.0 Å². The third-order valence-electron chi connectivity index (χ3n) is 4.54. The Bertz CT molecular complexity index is 592. The maximum atomic E-state index is 12.7. The molecule has 7 heteroatoms. The molecule has 1 atom stereocenters. The van der Waals surface area contributed by atoms with E-state index in [1.54, 1.807) is 12.1 Å². The van der Waals surface area contributed by atoms with Gasteiger partial charge >= 0.3 is 0 Å². The monoisotopic (exact) mass is 329 g/mol. The number of piperidine rings is 1. The number of nitrogens with zero attached hydrogens (tertiary/aromatic N) is 4. The summed E-state index contributed by atoms with van der Waals surface area (Å²) in [6.07, 6.45) is 3.32. The van der Waals surface area contributed by atoms with E-state index in [9.17, 15) is 4.79 Å². The molecule has 1 aromatic heterocycles. The third-order valence-corrected chi connectivity index (χ3v) is 4.54. The van der Waals surface area contributed by atoms with Crippen LogP contribution >= 0.6 is 0 Å². The minimum atomic E-state index is -0.233. The van der Waals surface area contributed by atoms with Crippen molar-refractivity contribution in [3.8, 4) is 6.07 Å². The molecule has 2 aliphatic heterocycles. The van der Waals surface area contributed by atoms with Crippen molar-refractivity contribution in [2.75, 3.05) is 51.3 Å². The summed E-state index contributed by atoms with van der Waals surface area (Å²) in [5.74, 6) is 0.781. The van der Waals surface area contributed by atoms with E-state index in [0.717, 1.165) is 58.8 Å². The van der Waals surface area contributed by atoms with Gasteiger partial charge in [0.05, 0.1) is 18.8 Å². The van der Waals surface area contributed by atoms with Crippen LogP contribution in [-0.2, 0) is 9.53 Å². The summed E-state index contributed by atoms with van der Waals surface area (Å²) in [5, 5.41) is 12.0. The first-order valence-electron chi connectivity index (χ1n) is 8.48. The zero-order valence-electron chi connectivity index (χ0n) is 13.8. The van der Waals surface area contributed by atoms with E-state index in [2.05, 4.69) is 15.2 Å². The van der Waals surface area contributed by atoms with Crippen LogP contribution in [0.3, 0.4) is 0 Å².